The molecule has 1 aromatic heterocycles. The van der Waals surface area contributed by atoms with Crippen molar-refractivity contribution in [3.8, 4) is 5.75 Å². The fourth-order valence-corrected chi connectivity index (χ4v) is 2.95. The Morgan fingerprint density at radius 1 is 1.32 bits per heavy atom. The lowest BCUT2D eigenvalue weighted by atomic mass is 10.1. The van der Waals surface area contributed by atoms with E-state index < -0.39 is 0 Å². The second-order valence-corrected chi connectivity index (χ2v) is 5.84. The SMILES string of the molecule is COc1ccc(C(=O)CSc2nc3ccccc3o2)cc1Cl. The Bertz CT molecular complexity index is 798. The number of benzene rings is 2. The molecule has 0 N–H and O–H groups in total. The molecular weight excluding hydrogens is 322 g/mol. The summed E-state index contributed by atoms with van der Waals surface area (Å²) < 4.78 is 10.6. The third kappa shape index (κ3) is 3.10. The summed E-state index contributed by atoms with van der Waals surface area (Å²) >= 11 is 7.29. The third-order valence-corrected chi connectivity index (χ3v) is 4.20. The maximum atomic E-state index is 12.2. The average Bonchev–Trinajstić information content (AvgIpc) is 2.95. The van der Waals surface area contributed by atoms with Crippen molar-refractivity contribution in [3.63, 3.8) is 0 Å². The molecule has 6 heteroatoms. The zero-order valence-electron chi connectivity index (χ0n) is 11.7. The first-order chi connectivity index (χ1) is 10.7. The van der Waals surface area contributed by atoms with Gasteiger partial charge in [-0.2, -0.15) is 0 Å². The van der Waals surface area contributed by atoms with Gasteiger partial charge in [0, 0.05) is 5.56 Å². The molecule has 0 saturated carbocycles. The highest BCUT2D eigenvalue weighted by molar-refractivity contribution is 7.99. The summed E-state index contributed by atoms with van der Waals surface area (Å²) in [5.74, 6) is 0.733. The van der Waals surface area contributed by atoms with Gasteiger partial charge in [-0.05, 0) is 30.3 Å². The van der Waals surface area contributed by atoms with Crippen LogP contribution < -0.4 is 4.74 Å². The van der Waals surface area contributed by atoms with Crippen molar-refractivity contribution in [2.75, 3.05) is 12.9 Å². The maximum Gasteiger partial charge on any atom is 0.257 e. The van der Waals surface area contributed by atoms with Gasteiger partial charge in [0.1, 0.15) is 11.3 Å². The molecule has 4 nitrogen and oxygen atoms in total. The van der Waals surface area contributed by atoms with E-state index in [-0.39, 0.29) is 11.5 Å². The van der Waals surface area contributed by atoms with Crippen LogP contribution in [0.2, 0.25) is 5.02 Å². The Kier molecular flexibility index (Phi) is 4.36. The molecule has 3 rings (SSSR count). The van der Waals surface area contributed by atoms with Gasteiger partial charge in [-0.25, -0.2) is 4.98 Å². The number of rotatable bonds is 5. The number of aromatic nitrogens is 1. The van der Waals surface area contributed by atoms with Crippen LogP contribution in [-0.4, -0.2) is 23.6 Å². The van der Waals surface area contributed by atoms with E-state index in [0.717, 1.165) is 5.52 Å². The molecular formula is C16H12ClNO3S. The number of halogens is 1. The Morgan fingerprint density at radius 2 is 2.14 bits per heavy atom. The lowest BCUT2D eigenvalue weighted by Crippen LogP contribution is -2.02. The minimum atomic E-state index is -0.0446. The Hall–Kier alpha value is -1.98. The highest BCUT2D eigenvalue weighted by Gasteiger charge is 2.12. The van der Waals surface area contributed by atoms with Crippen LogP contribution in [0.5, 0.6) is 5.75 Å². The Balaban J connectivity index is 1.70. The number of ether oxygens (including phenoxy) is 1. The molecule has 1 heterocycles. The second-order valence-electron chi connectivity index (χ2n) is 4.51. The molecule has 0 bridgehead atoms. The summed E-state index contributed by atoms with van der Waals surface area (Å²) in [6.45, 7) is 0. The first-order valence-electron chi connectivity index (χ1n) is 6.52. The van der Waals surface area contributed by atoms with Crippen LogP contribution in [0.25, 0.3) is 11.1 Å². The molecule has 0 spiro atoms. The number of carbonyl (C=O) groups excluding carboxylic acids is 1. The third-order valence-electron chi connectivity index (χ3n) is 3.07. The molecule has 0 aliphatic heterocycles. The van der Waals surface area contributed by atoms with Crippen molar-refractivity contribution >= 4 is 40.2 Å². The molecule has 0 atom stereocenters. The molecule has 22 heavy (non-hydrogen) atoms. The number of Topliss-reactive ketones (excluding diaryl/α,β-unsaturated/α-hetero) is 1. The molecule has 0 aliphatic rings. The lowest BCUT2D eigenvalue weighted by molar-refractivity contribution is 0.102. The van der Waals surface area contributed by atoms with E-state index in [0.29, 0.717) is 27.1 Å². The van der Waals surface area contributed by atoms with Crippen LogP contribution in [0, 0.1) is 0 Å². The van der Waals surface area contributed by atoms with Gasteiger partial charge < -0.3 is 9.15 Å². The monoisotopic (exact) mass is 333 g/mol. The molecule has 112 valence electrons. The van der Waals surface area contributed by atoms with Crippen LogP contribution in [0.1, 0.15) is 10.4 Å². The van der Waals surface area contributed by atoms with E-state index in [4.69, 9.17) is 20.8 Å². The number of thioether (sulfide) groups is 1. The van der Waals surface area contributed by atoms with Crippen molar-refractivity contribution in [2.45, 2.75) is 5.22 Å². The normalized spacial score (nSPS) is 10.8. The highest BCUT2D eigenvalue weighted by atomic mass is 35.5. The minimum absolute atomic E-state index is 0.0446. The quantitative estimate of drug-likeness (QED) is 0.509. The summed E-state index contributed by atoms with van der Waals surface area (Å²) in [6, 6.07) is 12.5. The molecule has 3 aromatic rings. The van der Waals surface area contributed by atoms with E-state index >= 15 is 0 Å². The number of methoxy groups -OCH3 is 1. The standard InChI is InChI=1S/C16H12ClNO3S/c1-20-14-7-6-10(8-11(14)17)13(19)9-22-16-18-12-4-2-3-5-15(12)21-16/h2-8H,9H2,1H3. The minimum Gasteiger partial charge on any atom is -0.495 e. The highest BCUT2D eigenvalue weighted by Crippen LogP contribution is 2.27. The number of nitrogens with zero attached hydrogens (tertiary/aromatic N) is 1. The van der Waals surface area contributed by atoms with Crippen LogP contribution in [0.15, 0.2) is 52.1 Å². The number of para-hydroxylation sites is 2. The fraction of sp³-hybridized carbons (Fsp3) is 0.125. The smallest absolute Gasteiger partial charge is 0.257 e. The molecule has 0 fully saturated rings. The van der Waals surface area contributed by atoms with Crippen LogP contribution in [0.3, 0.4) is 0 Å². The number of carbonyl (C=O) groups is 1. The predicted octanol–water partition coefficient (Wildman–Crippen LogP) is 4.46. The zero-order chi connectivity index (χ0) is 15.5. The average molecular weight is 334 g/mol. The van der Waals surface area contributed by atoms with Gasteiger partial charge in [0.25, 0.3) is 5.22 Å². The fourth-order valence-electron chi connectivity index (χ4n) is 1.96. The number of fused-ring (bicyclic) bond motifs is 1. The summed E-state index contributed by atoms with van der Waals surface area (Å²) in [7, 11) is 1.53. The Morgan fingerprint density at radius 3 is 2.86 bits per heavy atom. The van der Waals surface area contributed by atoms with Gasteiger partial charge >= 0.3 is 0 Å². The van der Waals surface area contributed by atoms with Gasteiger partial charge in [0.15, 0.2) is 11.4 Å². The van der Waals surface area contributed by atoms with Crippen molar-refractivity contribution in [3.05, 3.63) is 53.1 Å². The van der Waals surface area contributed by atoms with Crippen LogP contribution in [-0.2, 0) is 0 Å². The Labute approximate surface area is 136 Å². The van der Waals surface area contributed by atoms with Crippen LogP contribution in [0.4, 0.5) is 0 Å². The summed E-state index contributed by atoms with van der Waals surface area (Å²) in [5, 5.41) is 0.898. The van der Waals surface area contributed by atoms with E-state index in [1.54, 1.807) is 18.2 Å². The molecule has 0 saturated heterocycles. The first-order valence-corrected chi connectivity index (χ1v) is 7.89. The topological polar surface area (TPSA) is 52.3 Å². The van der Waals surface area contributed by atoms with Gasteiger partial charge in [-0.15, -0.1) is 0 Å². The predicted molar refractivity (Wildman–Crippen MR) is 87.1 cm³/mol. The molecule has 0 amide bonds. The summed E-state index contributed by atoms with van der Waals surface area (Å²) in [4.78, 5) is 16.5. The molecule has 0 aliphatic carbocycles. The van der Waals surface area contributed by atoms with Crippen molar-refractivity contribution in [1.29, 1.82) is 0 Å². The van der Waals surface area contributed by atoms with E-state index in [1.165, 1.54) is 18.9 Å². The molecule has 0 radical (unpaired) electrons. The van der Waals surface area contributed by atoms with Gasteiger partial charge in [-0.1, -0.05) is 35.5 Å². The van der Waals surface area contributed by atoms with Crippen molar-refractivity contribution in [1.82, 2.24) is 4.98 Å². The summed E-state index contributed by atoms with van der Waals surface area (Å²) in [6.07, 6.45) is 0. The number of oxazole rings is 1. The first kappa shape index (κ1) is 14.9. The zero-order valence-corrected chi connectivity index (χ0v) is 13.3. The number of hydrogen-bond donors (Lipinski definition) is 0. The van der Waals surface area contributed by atoms with Gasteiger partial charge in [0.2, 0.25) is 0 Å². The van der Waals surface area contributed by atoms with Crippen molar-refractivity contribution in [2.24, 2.45) is 0 Å². The van der Waals surface area contributed by atoms with Gasteiger partial charge in [-0.3, -0.25) is 4.79 Å². The van der Waals surface area contributed by atoms with E-state index in [1.807, 2.05) is 24.3 Å². The second kappa shape index (κ2) is 6.42. The van der Waals surface area contributed by atoms with E-state index in [9.17, 15) is 4.79 Å². The maximum absolute atomic E-state index is 12.2. The van der Waals surface area contributed by atoms with Crippen LogP contribution >= 0.6 is 23.4 Å². The summed E-state index contributed by atoms with van der Waals surface area (Å²) in [5.41, 5.74) is 2.03. The molecule has 0 unspecified atom stereocenters. The largest absolute Gasteiger partial charge is 0.495 e. The van der Waals surface area contributed by atoms with Crippen molar-refractivity contribution < 1.29 is 13.9 Å². The lowest BCUT2D eigenvalue weighted by Gasteiger charge is -2.04. The van der Waals surface area contributed by atoms with E-state index in [2.05, 4.69) is 4.98 Å². The molecule has 2 aromatic carbocycles. The number of hydrogen-bond acceptors (Lipinski definition) is 5. The number of ketones is 1. The van der Waals surface area contributed by atoms with Gasteiger partial charge in [0.05, 0.1) is 17.9 Å².